The summed E-state index contributed by atoms with van der Waals surface area (Å²) in [7, 11) is 0. The Hall–Kier alpha value is -0.880. The molecule has 5 nitrogen and oxygen atoms in total. The van der Waals surface area contributed by atoms with Crippen LogP contribution in [0.1, 0.15) is 24.7 Å². The van der Waals surface area contributed by atoms with Crippen molar-refractivity contribution >= 4 is 21.8 Å². The maximum atomic E-state index is 11.1. The molecule has 0 bridgehead atoms. The number of hydrogen-bond acceptors (Lipinski definition) is 3. The largest absolute Gasteiger partial charge is 0.368 e. The molecule has 1 rings (SSSR count). The summed E-state index contributed by atoms with van der Waals surface area (Å²) in [6.45, 7) is 6.09. The number of carbonyl (C=O) groups is 1. The lowest BCUT2D eigenvalue weighted by molar-refractivity contribution is -0.122. The highest BCUT2D eigenvalue weighted by molar-refractivity contribution is 9.10. The number of nitrogens with zero attached hydrogens (tertiary/aromatic N) is 2. The van der Waals surface area contributed by atoms with Gasteiger partial charge in [0.25, 0.3) is 0 Å². The van der Waals surface area contributed by atoms with Crippen molar-refractivity contribution in [3.8, 4) is 0 Å². The van der Waals surface area contributed by atoms with E-state index >= 15 is 0 Å². The van der Waals surface area contributed by atoms with Crippen LogP contribution in [0.2, 0.25) is 0 Å². The predicted molar refractivity (Wildman–Crippen MR) is 65.8 cm³/mol. The molecule has 1 unspecified atom stereocenters. The lowest BCUT2D eigenvalue weighted by atomic mass is 9.99. The van der Waals surface area contributed by atoms with E-state index in [2.05, 4.69) is 21.0 Å². The average Bonchev–Trinajstić information content (AvgIpc) is 2.43. The van der Waals surface area contributed by atoms with Crippen molar-refractivity contribution in [2.45, 2.75) is 39.3 Å². The molecule has 1 aromatic heterocycles. The number of hydrogen-bond donors (Lipinski definition) is 2. The van der Waals surface area contributed by atoms with E-state index < -0.39 is 11.4 Å². The molecule has 1 heterocycles. The molecule has 0 aliphatic rings. The number of carbonyl (C=O) groups excluding carboxylic acids is 1. The van der Waals surface area contributed by atoms with Gasteiger partial charge in [-0.25, -0.2) is 0 Å². The van der Waals surface area contributed by atoms with Crippen LogP contribution in [-0.2, 0) is 11.3 Å². The molecule has 1 atom stereocenters. The molecule has 0 saturated heterocycles. The molecule has 16 heavy (non-hydrogen) atoms. The third-order valence-corrected chi connectivity index (χ3v) is 3.85. The third kappa shape index (κ3) is 2.62. The van der Waals surface area contributed by atoms with Crippen molar-refractivity contribution < 1.29 is 4.79 Å². The second-order valence-electron chi connectivity index (χ2n) is 4.24. The Morgan fingerprint density at radius 3 is 2.50 bits per heavy atom. The van der Waals surface area contributed by atoms with Crippen molar-refractivity contribution in [1.29, 1.82) is 0 Å². The minimum Gasteiger partial charge on any atom is -0.368 e. The van der Waals surface area contributed by atoms with Gasteiger partial charge in [0.1, 0.15) is 0 Å². The molecular formula is C10H17BrN4O. The molecule has 6 heteroatoms. The number of rotatable bonds is 4. The van der Waals surface area contributed by atoms with E-state index in [1.54, 1.807) is 6.92 Å². The van der Waals surface area contributed by atoms with Crippen LogP contribution >= 0.6 is 15.9 Å². The molecule has 0 spiro atoms. The first-order valence-electron chi connectivity index (χ1n) is 5.04. The first-order chi connectivity index (χ1) is 7.25. The molecule has 0 aliphatic heterocycles. The van der Waals surface area contributed by atoms with Gasteiger partial charge < -0.3 is 11.5 Å². The predicted octanol–water partition coefficient (Wildman–Crippen LogP) is 0.855. The summed E-state index contributed by atoms with van der Waals surface area (Å²) in [6.07, 6.45) is 0.469. The van der Waals surface area contributed by atoms with Crippen LogP contribution in [0.25, 0.3) is 0 Å². The van der Waals surface area contributed by atoms with Gasteiger partial charge in [0.05, 0.1) is 15.7 Å². The van der Waals surface area contributed by atoms with E-state index in [-0.39, 0.29) is 0 Å². The highest BCUT2D eigenvalue weighted by atomic mass is 79.9. The minimum atomic E-state index is -0.987. The quantitative estimate of drug-likeness (QED) is 0.861. The van der Waals surface area contributed by atoms with Gasteiger partial charge in [-0.05, 0) is 43.1 Å². The second kappa shape index (κ2) is 4.55. The van der Waals surface area contributed by atoms with E-state index in [1.165, 1.54) is 0 Å². The van der Waals surface area contributed by atoms with Crippen molar-refractivity contribution in [1.82, 2.24) is 9.78 Å². The van der Waals surface area contributed by atoms with Crippen LogP contribution in [0.5, 0.6) is 0 Å². The highest BCUT2D eigenvalue weighted by Crippen LogP contribution is 2.20. The molecule has 0 radical (unpaired) electrons. The van der Waals surface area contributed by atoms with Gasteiger partial charge in [-0.15, -0.1) is 0 Å². The number of halogens is 1. The molecular weight excluding hydrogens is 272 g/mol. The van der Waals surface area contributed by atoms with Crippen LogP contribution in [0, 0.1) is 13.8 Å². The minimum absolute atomic E-state index is 0.469. The van der Waals surface area contributed by atoms with E-state index in [0.29, 0.717) is 13.0 Å². The normalized spacial score (nSPS) is 14.8. The Labute approximate surface area is 103 Å². The first-order valence-corrected chi connectivity index (χ1v) is 5.83. The molecule has 1 aromatic rings. The van der Waals surface area contributed by atoms with Gasteiger partial charge in [-0.3, -0.25) is 9.48 Å². The van der Waals surface area contributed by atoms with Gasteiger partial charge in [0.15, 0.2) is 0 Å². The number of aromatic nitrogens is 2. The van der Waals surface area contributed by atoms with Crippen molar-refractivity contribution in [3.05, 3.63) is 15.9 Å². The zero-order chi connectivity index (χ0) is 12.5. The lowest BCUT2D eigenvalue weighted by Crippen LogP contribution is -2.49. The van der Waals surface area contributed by atoms with Crippen molar-refractivity contribution in [2.75, 3.05) is 0 Å². The Bertz CT molecular complexity index is 411. The third-order valence-electron chi connectivity index (χ3n) is 2.70. The molecule has 0 aliphatic carbocycles. The SMILES string of the molecule is Cc1nn(CCC(C)(N)C(N)=O)c(C)c1Br. The molecule has 0 fully saturated rings. The maximum absolute atomic E-state index is 11.1. The van der Waals surface area contributed by atoms with E-state index in [4.69, 9.17) is 11.5 Å². The number of aryl methyl sites for hydroxylation is 2. The fraction of sp³-hybridized carbons (Fsp3) is 0.600. The van der Waals surface area contributed by atoms with Crippen LogP contribution < -0.4 is 11.5 Å². The molecule has 1 amide bonds. The topological polar surface area (TPSA) is 86.9 Å². The van der Waals surface area contributed by atoms with Gasteiger partial charge in [0, 0.05) is 12.2 Å². The van der Waals surface area contributed by atoms with Gasteiger partial charge in [-0.2, -0.15) is 5.10 Å². The Balaban J connectivity index is 2.76. The Kier molecular flexibility index (Phi) is 3.75. The number of primary amides is 1. The number of nitrogens with two attached hydrogens (primary N) is 2. The summed E-state index contributed by atoms with van der Waals surface area (Å²) in [6, 6.07) is 0. The van der Waals surface area contributed by atoms with Crippen LogP contribution in [0.3, 0.4) is 0 Å². The summed E-state index contributed by atoms with van der Waals surface area (Å²) in [5.74, 6) is -0.493. The molecule has 0 aromatic carbocycles. The maximum Gasteiger partial charge on any atom is 0.237 e. The summed E-state index contributed by atoms with van der Waals surface area (Å²) in [4.78, 5) is 11.1. The smallest absolute Gasteiger partial charge is 0.237 e. The van der Waals surface area contributed by atoms with Gasteiger partial charge >= 0.3 is 0 Å². The summed E-state index contributed by atoms with van der Waals surface area (Å²) in [5, 5.41) is 4.33. The fourth-order valence-electron chi connectivity index (χ4n) is 1.35. The molecule has 90 valence electrons. The molecule has 4 N–H and O–H groups in total. The van der Waals surface area contributed by atoms with E-state index in [9.17, 15) is 4.79 Å². The monoisotopic (exact) mass is 288 g/mol. The molecule has 0 saturated carbocycles. The fourth-order valence-corrected chi connectivity index (χ4v) is 1.64. The van der Waals surface area contributed by atoms with Crippen molar-refractivity contribution in [2.24, 2.45) is 11.5 Å². The standard InChI is InChI=1S/C10H17BrN4O/c1-6-8(11)7(2)15(14-6)5-4-10(3,13)9(12)16/h4-5,13H2,1-3H3,(H2,12,16). The van der Waals surface area contributed by atoms with Gasteiger partial charge in [0.2, 0.25) is 5.91 Å². The first kappa shape index (κ1) is 13.2. The van der Waals surface area contributed by atoms with E-state index in [1.807, 2.05) is 18.5 Å². The van der Waals surface area contributed by atoms with Crippen LogP contribution in [-0.4, -0.2) is 21.2 Å². The van der Waals surface area contributed by atoms with E-state index in [0.717, 1.165) is 15.9 Å². The zero-order valence-corrected chi connectivity index (χ0v) is 11.3. The van der Waals surface area contributed by atoms with Gasteiger partial charge in [-0.1, -0.05) is 0 Å². The summed E-state index contributed by atoms with van der Waals surface area (Å²) < 4.78 is 2.82. The highest BCUT2D eigenvalue weighted by Gasteiger charge is 2.25. The summed E-state index contributed by atoms with van der Waals surface area (Å²) >= 11 is 3.44. The van der Waals surface area contributed by atoms with Crippen molar-refractivity contribution in [3.63, 3.8) is 0 Å². The summed E-state index contributed by atoms with van der Waals surface area (Å²) in [5.41, 5.74) is 11.9. The Morgan fingerprint density at radius 2 is 2.12 bits per heavy atom. The second-order valence-corrected chi connectivity index (χ2v) is 5.03. The van der Waals surface area contributed by atoms with Crippen LogP contribution in [0.4, 0.5) is 0 Å². The Morgan fingerprint density at radius 1 is 1.56 bits per heavy atom. The number of amides is 1. The lowest BCUT2D eigenvalue weighted by Gasteiger charge is -2.20. The average molecular weight is 289 g/mol. The van der Waals surface area contributed by atoms with Crippen LogP contribution in [0.15, 0.2) is 4.47 Å². The zero-order valence-electron chi connectivity index (χ0n) is 9.75.